The first-order valence-corrected chi connectivity index (χ1v) is 7.07. The first-order chi connectivity index (χ1) is 8.66. The molecule has 1 aliphatic rings. The summed E-state index contributed by atoms with van der Waals surface area (Å²) in [5.74, 6) is 2.02. The summed E-state index contributed by atoms with van der Waals surface area (Å²) in [5.41, 5.74) is 1.38. The van der Waals surface area contributed by atoms with Crippen LogP contribution in [0.15, 0.2) is 24.3 Å². The van der Waals surface area contributed by atoms with E-state index in [0.29, 0.717) is 5.56 Å². The number of thioether (sulfide) groups is 1. The third-order valence-corrected chi connectivity index (χ3v) is 3.78. The van der Waals surface area contributed by atoms with Crippen LogP contribution in [-0.4, -0.2) is 41.3 Å². The highest BCUT2D eigenvalue weighted by Crippen LogP contribution is 2.13. The lowest BCUT2D eigenvalue weighted by molar-refractivity contribution is 0.101. The van der Waals surface area contributed by atoms with Crippen molar-refractivity contribution in [3.8, 4) is 0 Å². The quantitative estimate of drug-likeness (QED) is 0.835. The normalized spacial score (nSPS) is 15.3. The fourth-order valence-corrected chi connectivity index (χ4v) is 2.66. The minimum Gasteiger partial charge on any atom is -0.323 e. The average Bonchev–Trinajstić information content (AvgIpc) is 2.40. The van der Waals surface area contributed by atoms with Crippen LogP contribution in [0.25, 0.3) is 0 Å². The van der Waals surface area contributed by atoms with Crippen molar-refractivity contribution in [1.29, 1.82) is 0 Å². The molecule has 0 spiro atoms. The number of urea groups is 1. The molecule has 5 heteroatoms. The Morgan fingerprint density at radius 3 is 2.33 bits per heavy atom. The Kier molecular flexibility index (Phi) is 4.25. The van der Waals surface area contributed by atoms with E-state index in [4.69, 9.17) is 0 Å². The van der Waals surface area contributed by atoms with Gasteiger partial charge < -0.3 is 10.2 Å². The molecule has 0 saturated carbocycles. The number of anilines is 1. The molecule has 96 valence electrons. The maximum absolute atomic E-state index is 11.9. The van der Waals surface area contributed by atoms with Crippen LogP contribution < -0.4 is 5.32 Å². The van der Waals surface area contributed by atoms with Crippen LogP contribution in [0.1, 0.15) is 17.3 Å². The van der Waals surface area contributed by atoms with Gasteiger partial charge in [0.05, 0.1) is 0 Å². The molecule has 0 aromatic heterocycles. The molecule has 0 aliphatic carbocycles. The van der Waals surface area contributed by atoms with Gasteiger partial charge in [-0.1, -0.05) is 0 Å². The Morgan fingerprint density at radius 1 is 1.17 bits per heavy atom. The van der Waals surface area contributed by atoms with Crippen molar-refractivity contribution in [2.45, 2.75) is 6.92 Å². The van der Waals surface area contributed by atoms with Crippen molar-refractivity contribution in [1.82, 2.24) is 4.90 Å². The van der Waals surface area contributed by atoms with E-state index in [1.165, 1.54) is 6.92 Å². The van der Waals surface area contributed by atoms with E-state index in [1.807, 2.05) is 16.7 Å². The number of amides is 2. The van der Waals surface area contributed by atoms with Crippen molar-refractivity contribution in [2.24, 2.45) is 0 Å². The molecule has 18 heavy (non-hydrogen) atoms. The summed E-state index contributed by atoms with van der Waals surface area (Å²) >= 11 is 1.87. The van der Waals surface area contributed by atoms with Crippen LogP contribution >= 0.6 is 11.8 Å². The standard InChI is InChI=1S/C13H16N2O2S/c1-10(16)11-2-4-12(5-3-11)14-13(17)15-6-8-18-9-7-15/h2-5H,6-9H2,1H3,(H,14,17). The van der Waals surface area contributed by atoms with Gasteiger partial charge in [-0.15, -0.1) is 0 Å². The van der Waals surface area contributed by atoms with Gasteiger partial charge in [0.2, 0.25) is 0 Å². The summed E-state index contributed by atoms with van der Waals surface area (Å²) in [4.78, 5) is 24.9. The topological polar surface area (TPSA) is 49.4 Å². The lowest BCUT2D eigenvalue weighted by Gasteiger charge is -2.26. The van der Waals surface area contributed by atoms with Gasteiger partial charge in [-0.25, -0.2) is 4.79 Å². The zero-order valence-corrected chi connectivity index (χ0v) is 11.1. The molecule has 2 rings (SSSR count). The van der Waals surface area contributed by atoms with E-state index in [1.54, 1.807) is 24.3 Å². The summed E-state index contributed by atoms with van der Waals surface area (Å²) in [6.07, 6.45) is 0. The molecule has 1 saturated heterocycles. The highest BCUT2D eigenvalue weighted by molar-refractivity contribution is 7.99. The lowest BCUT2D eigenvalue weighted by Crippen LogP contribution is -2.40. The fraction of sp³-hybridized carbons (Fsp3) is 0.385. The van der Waals surface area contributed by atoms with Gasteiger partial charge >= 0.3 is 6.03 Å². The van der Waals surface area contributed by atoms with Gasteiger partial charge in [-0.05, 0) is 31.2 Å². The second kappa shape index (κ2) is 5.91. The summed E-state index contributed by atoms with van der Waals surface area (Å²) in [5, 5.41) is 2.84. The van der Waals surface area contributed by atoms with E-state index in [-0.39, 0.29) is 11.8 Å². The van der Waals surface area contributed by atoms with Crippen LogP contribution in [0.3, 0.4) is 0 Å². The third-order valence-electron chi connectivity index (χ3n) is 2.84. The Bertz CT molecular complexity index is 439. The maximum atomic E-state index is 11.9. The number of carbonyl (C=O) groups is 2. The van der Waals surface area contributed by atoms with Gasteiger partial charge in [0.1, 0.15) is 0 Å². The third kappa shape index (κ3) is 3.26. The van der Waals surface area contributed by atoms with Crippen molar-refractivity contribution in [3.63, 3.8) is 0 Å². The molecule has 0 radical (unpaired) electrons. The number of nitrogens with one attached hydrogen (secondary N) is 1. The smallest absolute Gasteiger partial charge is 0.321 e. The van der Waals surface area contributed by atoms with E-state index in [0.717, 1.165) is 30.3 Å². The molecule has 1 N–H and O–H groups in total. The summed E-state index contributed by atoms with van der Waals surface area (Å²) in [7, 11) is 0. The Morgan fingerprint density at radius 2 is 1.78 bits per heavy atom. The monoisotopic (exact) mass is 264 g/mol. The van der Waals surface area contributed by atoms with Gasteiger partial charge in [0.15, 0.2) is 5.78 Å². The highest BCUT2D eigenvalue weighted by Gasteiger charge is 2.16. The van der Waals surface area contributed by atoms with Gasteiger partial charge in [0.25, 0.3) is 0 Å². The summed E-state index contributed by atoms with van der Waals surface area (Å²) in [6.45, 7) is 3.11. The maximum Gasteiger partial charge on any atom is 0.321 e. The minimum atomic E-state index is -0.0640. The molecule has 1 heterocycles. The van der Waals surface area contributed by atoms with E-state index >= 15 is 0 Å². The fourth-order valence-electron chi connectivity index (χ4n) is 1.76. The number of rotatable bonds is 2. The molecule has 4 nitrogen and oxygen atoms in total. The van der Waals surface area contributed by atoms with Crippen LogP contribution in [0.5, 0.6) is 0 Å². The van der Waals surface area contributed by atoms with E-state index in [2.05, 4.69) is 5.32 Å². The molecule has 1 aromatic rings. The second-order valence-corrected chi connectivity index (χ2v) is 5.39. The molecular weight excluding hydrogens is 248 g/mol. The van der Waals surface area contributed by atoms with Crippen molar-refractivity contribution in [2.75, 3.05) is 29.9 Å². The van der Waals surface area contributed by atoms with Gasteiger partial charge in [0, 0.05) is 35.8 Å². The molecule has 2 amide bonds. The number of Topliss-reactive ketones (excluding diaryl/α,β-unsaturated/α-hetero) is 1. The van der Waals surface area contributed by atoms with Gasteiger partial charge in [-0.2, -0.15) is 11.8 Å². The minimum absolute atomic E-state index is 0.0286. The molecule has 0 atom stereocenters. The molecule has 0 bridgehead atoms. The predicted octanol–water partition coefficient (Wildman–Crippen LogP) is 2.47. The van der Waals surface area contributed by atoms with Gasteiger partial charge in [-0.3, -0.25) is 4.79 Å². The van der Waals surface area contributed by atoms with Crippen molar-refractivity contribution >= 4 is 29.3 Å². The number of benzene rings is 1. The average molecular weight is 264 g/mol. The number of carbonyl (C=O) groups excluding carboxylic acids is 2. The first kappa shape index (κ1) is 13.0. The summed E-state index contributed by atoms with van der Waals surface area (Å²) in [6, 6.07) is 6.90. The largest absolute Gasteiger partial charge is 0.323 e. The van der Waals surface area contributed by atoms with Crippen LogP contribution in [-0.2, 0) is 0 Å². The Balaban J connectivity index is 1.96. The van der Waals surface area contributed by atoms with E-state index in [9.17, 15) is 9.59 Å². The number of ketones is 1. The summed E-state index contributed by atoms with van der Waals surface area (Å²) < 4.78 is 0. The van der Waals surface area contributed by atoms with Crippen molar-refractivity contribution < 1.29 is 9.59 Å². The molecule has 1 fully saturated rings. The number of hydrogen-bond donors (Lipinski definition) is 1. The lowest BCUT2D eigenvalue weighted by atomic mass is 10.1. The highest BCUT2D eigenvalue weighted by atomic mass is 32.2. The van der Waals surface area contributed by atoms with Crippen LogP contribution in [0.4, 0.5) is 10.5 Å². The molecule has 1 aliphatic heterocycles. The molecule has 1 aromatic carbocycles. The predicted molar refractivity (Wildman–Crippen MR) is 74.4 cm³/mol. The Hall–Kier alpha value is -1.49. The zero-order chi connectivity index (χ0) is 13.0. The zero-order valence-electron chi connectivity index (χ0n) is 10.3. The number of nitrogens with zero attached hydrogens (tertiary/aromatic N) is 1. The number of hydrogen-bond acceptors (Lipinski definition) is 3. The van der Waals surface area contributed by atoms with Crippen molar-refractivity contribution in [3.05, 3.63) is 29.8 Å². The molecular formula is C13H16N2O2S. The Labute approximate surface area is 111 Å². The molecule has 0 unspecified atom stereocenters. The van der Waals surface area contributed by atoms with Crippen LogP contribution in [0.2, 0.25) is 0 Å². The van der Waals surface area contributed by atoms with E-state index < -0.39 is 0 Å². The first-order valence-electron chi connectivity index (χ1n) is 5.91. The second-order valence-electron chi connectivity index (χ2n) is 4.16. The SMILES string of the molecule is CC(=O)c1ccc(NC(=O)N2CCSCC2)cc1. The van der Waals surface area contributed by atoms with Crippen LogP contribution in [0, 0.1) is 0 Å².